The molecule has 0 spiro atoms. The maximum absolute atomic E-state index is 3.32. The fraction of sp³-hybridized carbons (Fsp3) is 0.143. The Morgan fingerprint density at radius 2 is 1.93 bits per heavy atom. The SMILES string of the molecule is [c]1ccccc1C1Cc2ccccc2S1. The molecule has 3 rings (SSSR count). The second kappa shape index (κ2) is 3.74. The molecule has 1 aliphatic rings. The molecule has 1 radical (unpaired) electrons. The molecule has 2 aromatic carbocycles. The fourth-order valence-corrected chi connectivity index (χ4v) is 3.27. The second-order valence-corrected chi connectivity index (χ2v) is 4.98. The van der Waals surface area contributed by atoms with E-state index < -0.39 is 0 Å². The molecule has 0 nitrogen and oxygen atoms in total. The van der Waals surface area contributed by atoms with Crippen LogP contribution >= 0.6 is 11.8 Å². The number of hydrogen-bond acceptors (Lipinski definition) is 1. The summed E-state index contributed by atoms with van der Waals surface area (Å²) in [6.45, 7) is 0. The Morgan fingerprint density at radius 1 is 1.07 bits per heavy atom. The van der Waals surface area contributed by atoms with Gasteiger partial charge in [0.15, 0.2) is 0 Å². The Balaban J connectivity index is 1.91. The lowest BCUT2D eigenvalue weighted by Crippen LogP contribution is -1.91. The van der Waals surface area contributed by atoms with Crippen molar-refractivity contribution in [1.29, 1.82) is 0 Å². The van der Waals surface area contributed by atoms with Crippen LogP contribution in [0.2, 0.25) is 0 Å². The van der Waals surface area contributed by atoms with E-state index in [1.54, 1.807) is 0 Å². The summed E-state index contributed by atoms with van der Waals surface area (Å²) in [7, 11) is 0. The zero-order valence-electron chi connectivity index (χ0n) is 8.31. The monoisotopic (exact) mass is 211 g/mol. The molecule has 1 heteroatoms. The molecule has 0 amide bonds. The van der Waals surface area contributed by atoms with Crippen LogP contribution in [0.5, 0.6) is 0 Å². The average Bonchev–Trinajstić information content (AvgIpc) is 2.74. The molecular formula is C14H11S. The van der Waals surface area contributed by atoms with Gasteiger partial charge in [0.2, 0.25) is 0 Å². The van der Waals surface area contributed by atoms with Crippen LogP contribution in [-0.2, 0) is 6.42 Å². The van der Waals surface area contributed by atoms with E-state index in [1.165, 1.54) is 16.0 Å². The molecule has 0 saturated heterocycles. The molecule has 0 bridgehead atoms. The topological polar surface area (TPSA) is 0 Å². The van der Waals surface area contributed by atoms with Gasteiger partial charge in [-0.25, -0.2) is 0 Å². The zero-order chi connectivity index (χ0) is 10.1. The highest BCUT2D eigenvalue weighted by atomic mass is 32.2. The van der Waals surface area contributed by atoms with Crippen LogP contribution in [0.25, 0.3) is 0 Å². The summed E-state index contributed by atoms with van der Waals surface area (Å²) >= 11 is 1.96. The normalized spacial score (nSPS) is 18.8. The van der Waals surface area contributed by atoms with Crippen molar-refractivity contribution in [2.24, 2.45) is 0 Å². The predicted molar refractivity (Wildman–Crippen MR) is 64.0 cm³/mol. The van der Waals surface area contributed by atoms with Gasteiger partial charge in [0, 0.05) is 10.1 Å². The number of rotatable bonds is 1. The molecule has 15 heavy (non-hydrogen) atoms. The Kier molecular flexibility index (Phi) is 2.26. The number of fused-ring (bicyclic) bond motifs is 1. The second-order valence-electron chi connectivity index (χ2n) is 3.74. The summed E-state index contributed by atoms with van der Waals surface area (Å²) in [6.07, 6.45) is 1.14. The van der Waals surface area contributed by atoms with E-state index in [-0.39, 0.29) is 0 Å². The number of thioether (sulfide) groups is 1. The maximum atomic E-state index is 3.32. The highest BCUT2D eigenvalue weighted by molar-refractivity contribution is 7.99. The molecule has 2 aromatic rings. The summed E-state index contributed by atoms with van der Waals surface area (Å²) in [4.78, 5) is 1.43. The van der Waals surface area contributed by atoms with Crippen molar-refractivity contribution in [2.45, 2.75) is 16.6 Å². The van der Waals surface area contributed by atoms with Gasteiger partial charge in [-0.15, -0.1) is 11.8 Å². The molecule has 0 aromatic heterocycles. The standard InChI is InChI=1S/C14H11S/c1-2-6-11(7-3-1)14-10-12-8-4-5-9-13(12)15-14/h1-6,8-9,14H,10H2. The van der Waals surface area contributed by atoms with Crippen molar-refractivity contribution >= 4 is 11.8 Å². The van der Waals surface area contributed by atoms with E-state index in [1.807, 2.05) is 23.9 Å². The number of benzene rings is 2. The Bertz CT molecular complexity index is 437. The fourth-order valence-electron chi connectivity index (χ4n) is 1.96. The van der Waals surface area contributed by atoms with Crippen molar-refractivity contribution in [3.8, 4) is 0 Å². The van der Waals surface area contributed by atoms with Gasteiger partial charge < -0.3 is 0 Å². The molecular weight excluding hydrogens is 200 g/mol. The molecule has 1 heterocycles. The lowest BCUT2D eigenvalue weighted by Gasteiger charge is -2.06. The molecule has 1 atom stereocenters. The Hall–Kier alpha value is -1.21. The summed E-state index contributed by atoms with van der Waals surface area (Å²) in [5, 5.41) is 0.559. The van der Waals surface area contributed by atoms with Crippen LogP contribution in [0, 0.1) is 6.07 Å². The van der Waals surface area contributed by atoms with Gasteiger partial charge in [0.25, 0.3) is 0 Å². The van der Waals surface area contributed by atoms with Gasteiger partial charge in [-0.3, -0.25) is 0 Å². The lowest BCUT2D eigenvalue weighted by atomic mass is 10.0. The summed E-state index contributed by atoms with van der Waals surface area (Å²) in [5.74, 6) is 0. The minimum Gasteiger partial charge on any atom is -0.117 e. The quantitative estimate of drug-likeness (QED) is 0.690. The van der Waals surface area contributed by atoms with E-state index in [0.717, 1.165) is 6.42 Å². The van der Waals surface area contributed by atoms with Crippen LogP contribution in [0.4, 0.5) is 0 Å². The third kappa shape index (κ3) is 1.68. The van der Waals surface area contributed by atoms with Gasteiger partial charge >= 0.3 is 0 Å². The molecule has 0 saturated carbocycles. The van der Waals surface area contributed by atoms with E-state index >= 15 is 0 Å². The minimum absolute atomic E-state index is 0.559. The molecule has 1 unspecified atom stereocenters. The van der Waals surface area contributed by atoms with Crippen molar-refractivity contribution < 1.29 is 0 Å². The van der Waals surface area contributed by atoms with Gasteiger partial charge in [0.05, 0.1) is 0 Å². The third-order valence-corrected chi connectivity index (χ3v) is 4.08. The van der Waals surface area contributed by atoms with E-state index in [4.69, 9.17) is 0 Å². The molecule has 0 N–H and O–H groups in total. The van der Waals surface area contributed by atoms with Crippen LogP contribution in [-0.4, -0.2) is 0 Å². The molecule has 0 aliphatic carbocycles. The van der Waals surface area contributed by atoms with Gasteiger partial charge in [0.1, 0.15) is 0 Å². The minimum atomic E-state index is 0.559. The average molecular weight is 211 g/mol. The summed E-state index contributed by atoms with van der Waals surface area (Å²) < 4.78 is 0. The summed E-state index contributed by atoms with van der Waals surface area (Å²) in [5.41, 5.74) is 2.79. The molecule has 0 fully saturated rings. The van der Waals surface area contributed by atoms with Crippen LogP contribution in [0.1, 0.15) is 16.4 Å². The first-order chi connectivity index (χ1) is 7.43. The lowest BCUT2D eigenvalue weighted by molar-refractivity contribution is 0.948. The molecule has 73 valence electrons. The van der Waals surface area contributed by atoms with Gasteiger partial charge in [-0.05, 0) is 29.7 Å². The largest absolute Gasteiger partial charge is 0.117 e. The zero-order valence-corrected chi connectivity index (χ0v) is 9.13. The first kappa shape index (κ1) is 9.05. The first-order valence-electron chi connectivity index (χ1n) is 5.15. The van der Waals surface area contributed by atoms with Crippen molar-refractivity contribution in [3.63, 3.8) is 0 Å². The Labute approximate surface area is 94.3 Å². The van der Waals surface area contributed by atoms with Gasteiger partial charge in [-0.2, -0.15) is 0 Å². The van der Waals surface area contributed by atoms with Crippen LogP contribution in [0.15, 0.2) is 53.4 Å². The molecule has 1 aliphatic heterocycles. The van der Waals surface area contributed by atoms with E-state index in [9.17, 15) is 0 Å². The van der Waals surface area contributed by atoms with Crippen molar-refractivity contribution in [1.82, 2.24) is 0 Å². The highest BCUT2D eigenvalue weighted by Crippen LogP contribution is 2.45. The highest BCUT2D eigenvalue weighted by Gasteiger charge is 2.22. The third-order valence-electron chi connectivity index (χ3n) is 2.73. The maximum Gasteiger partial charge on any atom is 0.0391 e. The Morgan fingerprint density at radius 3 is 2.73 bits per heavy atom. The predicted octanol–water partition coefficient (Wildman–Crippen LogP) is 3.88. The van der Waals surface area contributed by atoms with Crippen molar-refractivity contribution in [3.05, 3.63) is 65.7 Å². The van der Waals surface area contributed by atoms with Gasteiger partial charge in [-0.1, -0.05) is 42.5 Å². The summed E-state index contributed by atoms with van der Waals surface area (Å²) in [6, 6.07) is 20.3. The smallest absolute Gasteiger partial charge is 0.0391 e. The van der Waals surface area contributed by atoms with Crippen LogP contribution < -0.4 is 0 Å². The number of hydrogen-bond donors (Lipinski definition) is 0. The van der Waals surface area contributed by atoms with E-state index in [2.05, 4.69) is 42.5 Å². The first-order valence-corrected chi connectivity index (χ1v) is 6.02. The van der Waals surface area contributed by atoms with Crippen LogP contribution in [0.3, 0.4) is 0 Å². The van der Waals surface area contributed by atoms with E-state index in [0.29, 0.717) is 5.25 Å². The van der Waals surface area contributed by atoms with Crippen molar-refractivity contribution in [2.75, 3.05) is 0 Å².